The van der Waals surface area contributed by atoms with Gasteiger partial charge in [-0.25, -0.2) is 9.37 Å². The molecule has 0 bridgehead atoms. The van der Waals surface area contributed by atoms with Gasteiger partial charge in [0.25, 0.3) is 5.91 Å². The fourth-order valence-corrected chi connectivity index (χ4v) is 4.77. The van der Waals surface area contributed by atoms with Crippen molar-refractivity contribution in [2.75, 3.05) is 25.0 Å². The molecule has 1 saturated heterocycles. The Balaban J connectivity index is 1.18. The zero-order valence-corrected chi connectivity index (χ0v) is 20.2. The third-order valence-electron chi connectivity index (χ3n) is 6.77. The highest BCUT2D eigenvalue weighted by Crippen LogP contribution is 2.30. The molecule has 0 radical (unpaired) electrons. The number of halogens is 1. The highest BCUT2D eigenvalue weighted by molar-refractivity contribution is 5.95. The van der Waals surface area contributed by atoms with Crippen LogP contribution in [0.2, 0.25) is 0 Å². The predicted octanol–water partition coefficient (Wildman–Crippen LogP) is 4.18. The number of hydrogen-bond donors (Lipinski definition) is 1. The van der Waals surface area contributed by atoms with E-state index in [0.717, 1.165) is 11.3 Å². The molecule has 1 fully saturated rings. The molecule has 8 nitrogen and oxygen atoms in total. The summed E-state index contributed by atoms with van der Waals surface area (Å²) in [4.78, 5) is 32.3. The minimum absolute atomic E-state index is 0.0612. The predicted molar refractivity (Wildman–Crippen MR) is 131 cm³/mol. The molecule has 1 atom stereocenters. The Morgan fingerprint density at radius 2 is 1.89 bits per heavy atom. The number of anilines is 1. The largest absolute Gasteiger partial charge is 0.492 e. The number of ether oxygens (including phenoxy) is 2. The summed E-state index contributed by atoms with van der Waals surface area (Å²) >= 11 is 0. The summed E-state index contributed by atoms with van der Waals surface area (Å²) in [5.41, 5.74) is 2.67. The first kappa shape index (κ1) is 24.0. The van der Waals surface area contributed by atoms with Gasteiger partial charge in [-0.05, 0) is 49.6 Å². The van der Waals surface area contributed by atoms with Crippen molar-refractivity contribution in [3.05, 3.63) is 77.6 Å². The zero-order valence-electron chi connectivity index (χ0n) is 20.2. The second-order valence-corrected chi connectivity index (χ2v) is 9.03. The van der Waals surface area contributed by atoms with Gasteiger partial charge < -0.3 is 24.3 Å². The van der Waals surface area contributed by atoms with Crippen molar-refractivity contribution < 1.29 is 23.5 Å². The molecular weight excluding hydrogens is 463 g/mol. The summed E-state index contributed by atoms with van der Waals surface area (Å²) in [7, 11) is 0. The number of fused-ring (bicyclic) bond motifs is 1. The molecule has 2 aromatic carbocycles. The number of likely N-dealkylation sites (tertiary alicyclic amines) is 1. The van der Waals surface area contributed by atoms with Gasteiger partial charge in [0.1, 0.15) is 17.7 Å². The molecular formula is C27H29FN4O4. The molecule has 0 spiro atoms. The van der Waals surface area contributed by atoms with Crippen LogP contribution in [0.25, 0.3) is 0 Å². The molecule has 3 aromatic rings. The molecule has 0 aliphatic carbocycles. The minimum Gasteiger partial charge on any atom is -0.492 e. The second kappa shape index (κ2) is 10.5. The number of carbonyl (C=O) groups excluding carboxylic acids is 2. The smallest absolute Gasteiger partial charge is 0.274 e. The third kappa shape index (κ3) is 4.97. The molecule has 5 rings (SSSR count). The number of rotatable bonds is 6. The lowest BCUT2D eigenvalue weighted by Gasteiger charge is -2.31. The number of benzene rings is 2. The van der Waals surface area contributed by atoms with Gasteiger partial charge in [0, 0.05) is 19.0 Å². The van der Waals surface area contributed by atoms with Crippen molar-refractivity contribution in [2.24, 2.45) is 5.92 Å². The summed E-state index contributed by atoms with van der Waals surface area (Å²) in [5, 5.41) is 2.98. The number of para-hydroxylation sites is 2. The number of piperidine rings is 1. The third-order valence-corrected chi connectivity index (χ3v) is 6.77. The van der Waals surface area contributed by atoms with Crippen LogP contribution in [0.4, 0.5) is 10.1 Å². The Morgan fingerprint density at radius 3 is 2.64 bits per heavy atom. The highest BCUT2D eigenvalue weighted by atomic mass is 19.1. The fourth-order valence-electron chi connectivity index (χ4n) is 4.77. The Hall–Kier alpha value is -3.72. The molecule has 2 aliphatic rings. The summed E-state index contributed by atoms with van der Waals surface area (Å²) in [6.45, 7) is 4.14. The number of aromatic nitrogens is 2. The van der Waals surface area contributed by atoms with Crippen molar-refractivity contribution in [1.29, 1.82) is 0 Å². The molecule has 3 heterocycles. The molecule has 1 unspecified atom stereocenters. The number of carbonyl (C=O) groups is 2. The van der Waals surface area contributed by atoms with E-state index in [1.165, 1.54) is 12.1 Å². The van der Waals surface area contributed by atoms with Crippen LogP contribution in [0.3, 0.4) is 0 Å². The number of hydrogen-bond acceptors (Lipinski definition) is 5. The fraction of sp³-hybridized carbons (Fsp3) is 0.370. The van der Waals surface area contributed by atoms with E-state index >= 15 is 0 Å². The Labute approximate surface area is 209 Å². The van der Waals surface area contributed by atoms with E-state index in [9.17, 15) is 14.0 Å². The Morgan fingerprint density at radius 1 is 1.14 bits per heavy atom. The van der Waals surface area contributed by atoms with Crippen LogP contribution >= 0.6 is 0 Å². The minimum atomic E-state index is -0.290. The SMILES string of the molecule is CCOc1ccccc1NC(=O)C1CCN(C(=O)c2ncn3c2COC(c2ccc(F)cc2)C3)CC1. The van der Waals surface area contributed by atoms with Crippen LogP contribution in [0, 0.1) is 11.7 Å². The number of imidazole rings is 1. The van der Waals surface area contributed by atoms with Crippen LogP contribution in [-0.2, 0) is 22.7 Å². The molecule has 1 N–H and O–H groups in total. The quantitative estimate of drug-likeness (QED) is 0.558. The summed E-state index contributed by atoms with van der Waals surface area (Å²) in [6.07, 6.45) is 2.59. The summed E-state index contributed by atoms with van der Waals surface area (Å²) < 4.78 is 26.8. The van der Waals surface area contributed by atoms with Gasteiger partial charge >= 0.3 is 0 Å². The zero-order chi connectivity index (χ0) is 25.1. The molecule has 0 saturated carbocycles. The average molecular weight is 493 g/mol. The molecule has 36 heavy (non-hydrogen) atoms. The second-order valence-electron chi connectivity index (χ2n) is 9.03. The van der Waals surface area contributed by atoms with Crippen LogP contribution < -0.4 is 10.1 Å². The molecule has 2 amide bonds. The number of amides is 2. The van der Waals surface area contributed by atoms with Crippen molar-refractivity contribution in [1.82, 2.24) is 14.5 Å². The lowest BCUT2D eigenvalue weighted by Crippen LogP contribution is -2.42. The molecule has 188 valence electrons. The van der Waals surface area contributed by atoms with Gasteiger partial charge in [0.05, 0.1) is 37.5 Å². The van der Waals surface area contributed by atoms with Crippen molar-refractivity contribution in [3.8, 4) is 5.75 Å². The van der Waals surface area contributed by atoms with E-state index in [1.807, 2.05) is 35.8 Å². The first-order valence-corrected chi connectivity index (χ1v) is 12.3. The van der Waals surface area contributed by atoms with Crippen LogP contribution in [0.5, 0.6) is 5.75 Å². The maximum atomic E-state index is 13.2. The molecule has 9 heteroatoms. The van der Waals surface area contributed by atoms with Gasteiger partial charge in [-0.15, -0.1) is 0 Å². The first-order valence-electron chi connectivity index (χ1n) is 12.3. The summed E-state index contributed by atoms with van der Waals surface area (Å²) in [6, 6.07) is 13.6. The van der Waals surface area contributed by atoms with Gasteiger partial charge in [-0.2, -0.15) is 0 Å². The van der Waals surface area contributed by atoms with E-state index < -0.39 is 0 Å². The van der Waals surface area contributed by atoms with Crippen LogP contribution in [-0.4, -0.2) is 46.0 Å². The Bertz CT molecular complexity index is 1230. The maximum Gasteiger partial charge on any atom is 0.274 e. The topological polar surface area (TPSA) is 85.7 Å². The number of nitrogens with one attached hydrogen (secondary N) is 1. The summed E-state index contributed by atoms with van der Waals surface area (Å²) in [5.74, 6) is -0.0295. The van der Waals surface area contributed by atoms with Crippen molar-refractivity contribution >= 4 is 17.5 Å². The lowest BCUT2D eigenvalue weighted by atomic mass is 9.95. The van der Waals surface area contributed by atoms with Crippen molar-refractivity contribution in [2.45, 2.75) is 39.0 Å². The van der Waals surface area contributed by atoms with Gasteiger partial charge in [-0.3, -0.25) is 9.59 Å². The highest BCUT2D eigenvalue weighted by Gasteiger charge is 2.32. The van der Waals surface area contributed by atoms with E-state index in [-0.39, 0.29) is 36.3 Å². The maximum absolute atomic E-state index is 13.2. The monoisotopic (exact) mass is 492 g/mol. The van der Waals surface area contributed by atoms with Crippen LogP contribution in [0.15, 0.2) is 54.9 Å². The van der Waals surface area contributed by atoms with E-state index in [2.05, 4.69) is 10.3 Å². The van der Waals surface area contributed by atoms with Gasteiger partial charge in [0.15, 0.2) is 5.69 Å². The molecule has 1 aromatic heterocycles. The van der Waals surface area contributed by atoms with Crippen molar-refractivity contribution in [3.63, 3.8) is 0 Å². The molecule has 2 aliphatic heterocycles. The van der Waals surface area contributed by atoms with Gasteiger partial charge in [-0.1, -0.05) is 24.3 Å². The lowest BCUT2D eigenvalue weighted by molar-refractivity contribution is -0.121. The average Bonchev–Trinajstić information content (AvgIpc) is 3.33. The normalized spacial score (nSPS) is 17.9. The van der Waals surface area contributed by atoms with E-state index in [0.29, 0.717) is 56.2 Å². The van der Waals surface area contributed by atoms with E-state index in [4.69, 9.17) is 9.47 Å². The standard InChI is InChI=1S/C27H29FN4O4/c1-2-35-23-6-4-3-5-21(23)30-26(33)19-11-13-31(14-12-19)27(34)25-22-16-36-24(15-32(22)17-29-25)18-7-9-20(28)10-8-18/h3-10,17,19,24H,2,11-16H2,1H3,(H,30,33). The Kier molecular flexibility index (Phi) is 6.99. The number of nitrogens with zero attached hydrogens (tertiary/aromatic N) is 3. The van der Waals surface area contributed by atoms with Crippen LogP contribution in [0.1, 0.15) is 47.6 Å². The first-order chi connectivity index (χ1) is 17.5. The van der Waals surface area contributed by atoms with Gasteiger partial charge in [0.2, 0.25) is 5.91 Å². The van der Waals surface area contributed by atoms with E-state index in [1.54, 1.807) is 23.4 Å².